The molecule has 0 saturated heterocycles. The van der Waals surface area contributed by atoms with Crippen LogP contribution in [0.25, 0.3) is 22.2 Å². The lowest BCUT2D eigenvalue weighted by Gasteiger charge is -2.09. The Bertz CT molecular complexity index is 1190. The Kier molecular flexibility index (Phi) is 4.33. The predicted octanol–water partition coefficient (Wildman–Crippen LogP) is 3.05. The second kappa shape index (κ2) is 6.95. The molecule has 0 aliphatic rings. The number of methoxy groups -OCH3 is 1. The lowest BCUT2D eigenvalue weighted by Crippen LogP contribution is -2.21. The van der Waals surface area contributed by atoms with Crippen LogP contribution in [0.4, 0.5) is 4.39 Å². The summed E-state index contributed by atoms with van der Waals surface area (Å²) in [4.78, 5) is 24.8. The minimum Gasteiger partial charge on any atom is -0.481 e. The van der Waals surface area contributed by atoms with E-state index in [-0.39, 0.29) is 12.1 Å². The number of benzene rings is 1. The van der Waals surface area contributed by atoms with Crippen LogP contribution in [0.3, 0.4) is 0 Å². The van der Waals surface area contributed by atoms with Crippen molar-refractivity contribution in [3.05, 3.63) is 82.9 Å². The summed E-state index contributed by atoms with van der Waals surface area (Å²) in [6.45, 7) is 0.0858. The highest BCUT2D eigenvalue weighted by atomic mass is 19.1. The third-order valence-electron chi connectivity index (χ3n) is 4.27. The largest absolute Gasteiger partial charge is 0.481 e. The van der Waals surface area contributed by atoms with Crippen LogP contribution in [-0.4, -0.2) is 26.6 Å². The lowest BCUT2D eigenvalue weighted by molar-refractivity contribution is 0.398. The maximum Gasteiger partial charge on any atom is 0.263 e. The summed E-state index contributed by atoms with van der Waals surface area (Å²) >= 11 is 0. The van der Waals surface area contributed by atoms with Crippen molar-refractivity contribution < 1.29 is 9.13 Å². The third-order valence-corrected chi connectivity index (χ3v) is 4.27. The SMILES string of the molecule is COc1cc(-c2ccc(Cn3cnc4ncccc4c3=O)c(F)c2)ccn1. The quantitative estimate of drug-likeness (QED) is 0.558. The molecule has 0 aliphatic carbocycles. The highest BCUT2D eigenvalue weighted by Gasteiger charge is 2.10. The van der Waals surface area contributed by atoms with Crippen molar-refractivity contribution in [1.82, 2.24) is 19.5 Å². The molecule has 3 aromatic heterocycles. The van der Waals surface area contributed by atoms with Crippen molar-refractivity contribution in [2.24, 2.45) is 0 Å². The Morgan fingerprint density at radius 3 is 2.70 bits per heavy atom. The highest BCUT2D eigenvalue weighted by molar-refractivity contribution is 5.72. The molecule has 6 nitrogen and oxygen atoms in total. The van der Waals surface area contributed by atoms with E-state index in [0.29, 0.717) is 28.0 Å². The smallest absolute Gasteiger partial charge is 0.263 e. The van der Waals surface area contributed by atoms with Gasteiger partial charge >= 0.3 is 0 Å². The van der Waals surface area contributed by atoms with Gasteiger partial charge in [-0.3, -0.25) is 9.36 Å². The molecular weight excluding hydrogens is 347 g/mol. The third kappa shape index (κ3) is 3.27. The summed E-state index contributed by atoms with van der Waals surface area (Å²) in [6.07, 6.45) is 4.57. The fourth-order valence-corrected chi connectivity index (χ4v) is 2.85. The van der Waals surface area contributed by atoms with Gasteiger partial charge in [-0.05, 0) is 35.4 Å². The molecule has 27 heavy (non-hydrogen) atoms. The minimum atomic E-state index is -0.401. The van der Waals surface area contributed by atoms with Gasteiger partial charge in [-0.25, -0.2) is 19.3 Å². The number of pyridine rings is 2. The first-order valence-corrected chi connectivity index (χ1v) is 8.25. The van der Waals surface area contributed by atoms with E-state index in [4.69, 9.17) is 4.74 Å². The zero-order valence-corrected chi connectivity index (χ0v) is 14.5. The Balaban J connectivity index is 1.67. The minimum absolute atomic E-state index is 0.0858. The first kappa shape index (κ1) is 16.8. The zero-order valence-electron chi connectivity index (χ0n) is 14.5. The molecule has 0 N–H and O–H groups in total. The van der Waals surface area contributed by atoms with Gasteiger partial charge in [0.15, 0.2) is 5.65 Å². The van der Waals surface area contributed by atoms with Gasteiger partial charge < -0.3 is 4.74 Å². The number of rotatable bonds is 4. The van der Waals surface area contributed by atoms with Gasteiger partial charge in [0.2, 0.25) is 5.88 Å². The molecule has 4 aromatic rings. The average molecular weight is 362 g/mol. The molecule has 0 amide bonds. The fraction of sp³-hybridized carbons (Fsp3) is 0.100. The average Bonchev–Trinajstić information content (AvgIpc) is 2.71. The topological polar surface area (TPSA) is 69.9 Å². The van der Waals surface area contributed by atoms with E-state index < -0.39 is 5.82 Å². The normalized spacial score (nSPS) is 10.9. The number of ether oxygens (including phenoxy) is 1. The van der Waals surface area contributed by atoms with Crippen molar-refractivity contribution in [1.29, 1.82) is 0 Å². The van der Waals surface area contributed by atoms with Crippen LogP contribution in [0.5, 0.6) is 5.88 Å². The fourth-order valence-electron chi connectivity index (χ4n) is 2.85. The molecule has 4 rings (SSSR count). The molecule has 0 fully saturated rings. The second-order valence-electron chi connectivity index (χ2n) is 5.95. The number of hydrogen-bond acceptors (Lipinski definition) is 5. The maximum absolute atomic E-state index is 14.7. The zero-order chi connectivity index (χ0) is 18.8. The summed E-state index contributed by atoms with van der Waals surface area (Å²) in [6, 6.07) is 11.7. The van der Waals surface area contributed by atoms with Crippen molar-refractivity contribution in [2.45, 2.75) is 6.54 Å². The first-order valence-electron chi connectivity index (χ1n) is 8.25. The van der Waals surface area contributed by atoms with Gasteiger partial charge in [0.1, 0.15) is 12.1 Å². The summed E-state index contributed by atoms with van der Waals surface area (Å²) in [5.41, 5.74) is 2.01. The van der Waals surface area contributed by atoms with Gasteiger partial charge in [0.05, 0.1) is 19.0 Å². The Labute approximate surface area is 153 Å². The number of nitrogens with zero attached hydrogens (tertiary/aromatic N) is 4. The lowest BCUT2D eigenvalue weighted by atomic mass is 10.0. The molecule has 134 valence electrons. The van der Waals surface area contributed by atoms with Crippen LogP contribution < -0.4 is 10.3 Å². The second-order valence-corrected chi connectivity index (χ2v) is 5.95. The van der Waals surface area contributed by atoms with Crippen LogP contribution in [0.1, 0.15) is 5.56 Å². The molecule has 0 saturated carbocycles. The van der Waals surface area contributed by atoms with Crippen LogP contribution in [-0.2, 0) is 6.54 Å². The van der Waals surface area contributed by atoms with E-state index in [0.717, 1.165) is 5.56 Å². The summed E-state index contributed by atoms with van der Waals surface area (Å²) in [5, 5.41) is 0.404. The van der Waals surface area contributed by atoms with Gasteiger partial charge in [0.25, 0.3) is 5.56 Å². The van der Waals surface area contributed by atoms with E-state index in [1.54, 1.807) is 48.8 Å². The summed E-state index contributed by atoms with van der Waals surface area (Å²) in [7, 11) is 1.53. The van der Waals surface area contributed by atoms with E-state index in [1.165, 1.54) is 24.1 Å². The Hall–Kier alpha value is -3.61. The molecule has 0 unspecified atom stereocenters. The van der Waals surface area contributed by atoms with Crippen molar-refractivity contribution >= 4 is 11.0 Å². The van der Waals surface area contributed by atoms with Gasteiger partial charge in [-0.1, -0.05) is 12.1 Å². The molecule has 3 heterocycles. The Morgan fingerprint density at radius 2 is 1.89 bits per heavy atom. The maximum atomic E-state index is 14.7. The predicted molar refractivity (Wildman–Crippen MR) is 99.1 cm³/mol. The molecule has 0 spiro atoms. The van der Waals surface area contributed by atoms with E-state index in [2.05, 4.69) is 15.0 Å². The van der Waals surface area contributed by atoms with Crippen LogP contribution >= 0.6 is 0 Å². The molecule has 7 heteroatoms. The monoisotopic (exact) mass is 362 g/mol. The summed E-state index contributed by atoms with van der Waals surface area (Å²) < 4.78 is 21.1. The van der Waals surface area contributed by atoms with Gasteiger partial charge in [0, 0.05) is 24.0 Å². The van der Waals surface area contributed by atoms with Crippen molar-refractivity contribution in [3.63, 3.8) is 0 Å². The number of halogens is 1. The summed E-state index contributed by atoms with van der Waals surface area (Å²) in [5.74, 6) is 0.0563. The molecule has 0 aliphatic heterocycles. The first-order chi connectivity index (χ1) is 13.2. The Morgan fingerprint density at radius 1 is 1.04 bits per heavy atom. The number of hydrogen-bond donors (Lipinski definition) is 0. The molecule has 0 radical (unpaired) electrons. The van der Waals surface area contributed by atoms with E-state index in [9.17, 15) is 9.18 Å². The van der Waals surface area contributed by atoms with Crippen molar-refractivity contribution in [2.75, 3.05) is 7.11 Å². The molecule has 0 atom stereocenters. The number of aromatic nitrogens is 4. The van der Waals surface area contributed by atoms with E-state index in [1.807, 2.05) is 0 Å². The van der Waals surface area contributed by atoms with Crippen molar-refractivity contribution in [3.8, 4) is 17.0 Å². The molecule has 1 aromatic carbocycles. The van der Waals surface area contributed by atoms with Crippen LogP contribution in [0.15, 0.2) is 66.0 Å². The number of fused-ring (bicyclic) bond motifs is 1. The standard InChI is InChI=1S/C20H15FN4O2/c1-27-18-10-14(6-8-22-18)13-4-5-15(17(21)9-13)11-25-12-24-19-16(20(25)26)3-2-7-23-19/h2-10,12H,11H2,1H3. The van der Waals surface area contributed by atoms with Crippen LogP contribution in [0.2, 0.25) is 0 Å². The van der Waals surface area contributed by atoms with Gasteiger partial charge in [-0.2, -0.15) is 0 Å². The van der Waals surface area contributed by atoms with Crippen LogP contribution in [0, 0.1) is 5.82 Å². The van der Waals surface area contributed by atoms with Gasteiger partial charge in [-0.15, -0.1) is 0 Å². The molecule has 0 bridgehead atoms. The highest BCUT2D eigenvalue weighted by Crippen LogP contribution is 2.24. The molecular formula is C20H15FN4O2. The van der Waals surface area contributed by atoms with E-state index >= 15 is 0 Å².